The Morgan fingerprint density at radius 2 is 1.95 bits per heavy atom. The molecule has 0 aliphatic carbocycles. The van der Waals surface area contributed by atoms with Crippen molar-refractivity contribution in [3.8, 4) is 0 Å². The smallest absolute Gasteiger partial charge is 0.211 e. The van der Waals surface area contributed by atoms with Crippen molar-refractivity contribution in [2.75, 3.05) is 19.3 Å². The highest BCUT2D eigenvalue weighted by Gasteiger charge is 2.26. The fourth-order valence-corrected chi connectivity index (χ4v) is 4.77. The first-order valence-corrected chi connectivity index (χ1v) is 9.72. The molecule has 2 rings (SSSR count). The fraction of sp³-hybridized carbons (Fsp3) is 0.714. The van der Waals surface area contributed by atoms with E-state index in [0.717, 1.165) is 12.8 Å². The van der Waals surface area contributed by atoms with Crippen LogP contribution in [0.25, 0.3) is 0 Å². The molecule has 0 spiro atoms. The summed E-state index contributed by atoms with van der Waals surface area (Å²) in [5.74, 6) is 0. The number of thiophene rings is 1. The Morgan fingerprint density at radius 1 is 1.35 bits per heavy atom. The monoisotopic (exact) mass is 316 g/mol. The molecule has 0 radical (unpaired) electrons. The van der Waals surface area contributed by atoms with E-state index in [9.17, 15) is 8.42 Å². The number of aryl methyl sites for hydroxylation is 2. The van der Waals surface area contributed by atoms with Gasteiger partial charge in [-0.25, -0.2) is 12.7 Å². The van der Waals surface area contributed by atoms with E-state index in [4.69, 9.17) is 0 Å². The van der Waals surface area contributed by atoms with Gasteiger partial charge in [-0.15, -0.1) is 11.3 Å². The van der Waals surface area contributed by atoms with Gasteiger partial charge < -0.3 is 5.32 Å². The standard InChI is InChI=1S/C14H24N2O2S2/c1-10-9-14(12(3)19-10)11(2)15-13-5-7-16(8-6-13)20(4,17)18/h9,11,13,15H,5-8H2,1-4H3. The summed E-state index contributed by atoms with van der Waals surface area (Å²) < 4.78 is 24.6. The molecule has 0 aromatic carbocycles. The molecule has 0 bridgehead atoms. The van der Waals surface area contributed by atoms with E-state index in [0.29, 0.717) is 25.2 Å². The lowest BCUT2D eigenvalue weighted by Crippen LogP contribution is -2.45. The van der Waals surface area contributed by atoms with Gasteiger partial charge in [-0.05, 0) is 45.2 Å². The molecule has 20 heavy (non-hydrogen) atoms. The van der Waals surface area contributed by atoms with Crippen molar-refractivity contribution in [3.05, 3.63) is 21.4 Å². The number of piperidine rings is 1. The second-order valence-corrected chi connectivity index (χ2v) is 9.14. The topological polar surface area (TPSA) is 49.4 Å². The minimum atomic E-state index is -3.03. The van der Waals surface area contributed by atoms with Crippen LogP contribution < -0.4 is 5.32 Å². The summed E-state index contributed by atoms with van der Waals surface area (Å²) >= 11 is 1.84. The van der Waals surface area contributed by atoms with E-state index >= 15 is 0 Å². The highest BCUT2D eigenvalue weighted by atomic mass is 32.2. The normalized spacial score (nSPS) is 20.2. The lowest BCUT2D eigenvalue weighted by atomic mass is 10.0. The Balaban J connectivity index is 1.91. The first-order valence-electron chi connectivity index (χ1n) is 7.05. The average molecular weight is 316 g/mol. The summed E-state index contributed by atoms with van der Waals surface area (Å²) in [7, 11) is -3.03. The van der Waals surface area contributed by atoms with Crippen LogP contribution in [0, 0.1) is 13.8 Å². The molecule has 1 aliphatic rings. The van der Waals surface area contributed by atoms with Crippen molar-refractivity contribution in [3.63, 3.8) is 0 Å². The van der Waals surface area contributed by atoms with E-state index in [-0.39, 0.29) is 0 Å². The maximum atomic E-state index is 11.5. The molecule has 1 aliphatic heterocycles. The van der Waals surface area contributed by atoms with Crippen molar-refractivity contribution in [2.24, 2.45) is 0 Å². The van der Waals surface area contributed by atoms with Crippen molar-refractivity contribution in [1.82, 2.24) is 9.62 Å². The van der Waals surface area contributed by atoms with Gasteiger partial charge in [0.2, 0.25) is 10.0 Å². The minimum Gasteiger partial charge on any atom is -0.307 e. The van der Waals surface area contributed by atoms with Crippen molar-refractivity contribution < 1.29 is 8.42 Å². The van der Waals surface area contributed by atoms with E-state index < -0.39 is 10.0 Å². The summed E-state index contributed by atoms with van der Waals surface area (Å²) in [5.41, 5.74) is 1.37. The van der Waals surface area contributed by atoms with Gasteiger partial charge in [0, 0.05) is 34.9 Å². The summed E-state index contributed by atoms with van der Waals surface area (Å²) in [4.78, 5) is 2.72. The Morgan fingerprint density at radius 3 is 2.40 bits per heavy atom. The summed E-state index contributed by atoms with van der Waals surface area (Å²) in [6, 6.07) is 2.99. The molecule has 2 heterocycles. The molecular weight excluding hydrogens is 292 g/mol. The molecule has 1 atom stereocenters. The van der Waals surface area contributed by atoms with E-state index in [1.165, 1.54) is 21.6 Å². The van der Waals surface area contributed by atoms with E-state index in [1.807, 2.05) is 11.3 Å². The third-order valence-electron chi connectivity index (χ3n) is 3.95. The minimum absolute atomic E-state index is 0.328. The fourth-order valence-electron chi connectivity index (χ4n) is 2.88. The SMILES string of the molecule is Cc1cc(C(C)NC2CCN(S(C)(=O)=O)CC2)c(C)s1. The molecule has 1 unspecified atom stereocenters. The Labute approximate surface area is 126 Å². The average Bonchev–Trinajstić information content (AvgIpc) is 2.68. The first-order chi connectivity index (χ1) is 9.27. The maximum absolute atomic E-state index is 11.5. The molecule has 0 saturated carbocycles. The highest BCUT2D eigenvalue weighted by molar-refractivity contribution is 7.88. The van der Waals surface area contributed by atoms with Gasteiger partial charge >= 0.3 is 0 Å². The molecule has 1 aromatic rings. The third-order valence-corrected chi connectivity index (χ3v) is 6.24. The van der Waals surface area contributed by atoms with Crippen molar-refractivity contribution in [1.29, 1.82) is 0 Å². The second kappa shape index (κ2) is 6.13. The van der Waals surface area contributed by atoms with Crippen LogP contribution in [-0.4, -0.2) is 38.1 Å². The van der Waals surface area contributed by atoms with Crippen LogP contribution in [0.3, 0.4) is 0 Å². The molecule has 6 heteroatoms. The zero-order chi connectivity index (χ0) is 14.9. The van der Waals surface area contributed by atoms with Crippen molar-refractivity contribution in [2.45, 2.75) is 45.7 Å². The van der Waals surface area contributed by atoms with Gasteiger partial charge in [0.15, 0.2) is 0 Å². The zero-order valence-corrected chi connectivity index (χ0v) is 14.3. The molecule has 1 N–H and O–H groups in total. The molecule has 1 fully saturated rings. The van der Waals surface area contributed by atoms with Crippen LogP contribution >= 0.6 is 11.3 Å². The number of nitrogens with one attached hydrogen (secondary N) is 1. The molecule has 1 saturated heterocycles. The second-order valence-electron chi connectivity index (χ2n) is 5.69. The Kier molecular flexibility index (Phi) is 4.89. The van der Waals surface area contributed by atoms with Crippen LogP contribution in [0.4, 0.5) is 0 Å². The lowest BCUT2D eigenvalue weighted by molar-refractivity contribution is 0.278. The molecule has 0 amide bonds. The quantitative estimate of drug-likeness (QED) is 0.928. The van der Waals surface area contributed by atoms with Crippen LogP contribution in [-0.2, 0) is 10.0 Å². The van der Waals surface area contributed by atoms with Gasteiger partial charge in [-0.1, -0.05) is 0 Å². The first kappa shape index (κ1) is 15.9. The largest absolute Gasteiger partial charge is 0.307 e. The van der Waals surface area contributed by atoms with E-state index in [2.05, 4.69) is 32.2 Å². The summed E-state index contributed by atoms with van der Waals surface area (Å²) in [6.07, 6.45) is 3.07. The zero-order valence-electron chi connectivity index (χ0n) is 12.6. The number of rotatable bonds is 4. The third kappa shape index (κ3) is 3.81. The van der Waals surface area contributed by atoms with Gasteiger partial charge in [0.25, 0.3) is 0 Å². The number of nitrogens with zero attached hydrogens (tertiary/aromatic N) is 1. The summed E-state index contributed by atoms with van der Waals surface area (Å²) in [6.45, 7) is 7.75. The van der Waals surface area contributed by atoms with Crippen LogP contribution in [0.2, 0.25) is 0 Å². The molecule has 4 nitrogen and oxygen atoms in total. The maximum Gasteiger partial charge on any atom is 0.211 e. The lowest BCUT2D eigenvalue weighted by Gasteiger charge is -2.32. The van der Waals surface area contributed by atoms with Crippen LogP contribution in [0.1, 0.15) is 41.1 Å². The van der Waals surface area contributed by atoms with Crippen molar-refractivity contribution >= 4 is 21.4 Å². The number of hydrogen-bond donors (Lipinski definition) is 1. The number of hydrogen-bond acceptors (Lipinski definition) is 4. The van der Waals surface area contributed by atoms with Gasteiger partial charge in [0.05, 0.1) is 6.26 Å². The molecule has 1 aromatic heterocycles. The highest BCUT2D eigenvalue weighted by Crippen LogP contribution is 2.27. The van der Waals surface area contributed by atoms with Crippen LogP contribution in [0.15, 0.2) is 6.07 Å². The summed E-state index contributed by atoms with van der Waals surface area (Å²) in [5, 5.41) is 3.65. The van der Waals surface area contributed by atoms with Crippen LogP contribution in [0.5, 0.6) is 0 Å². The van der Waals surface area contributed by atoms with Gasteiger partial charge in [-0.3, -0.25) is 0 Å². The molecular formula is C14H24N2O2S2. The predicted molar refractivity (Wildman–Crippen MR) is 84.8 cm³/mol. The molecule has 114 valence electrons. The van der Waals surface area contributed by atoms with Gasteiger partial charge in [-0.2, -0.15) is 0 Å². The van der Waals surface area contributed by atoms with E-state index in [1.54, 1.807) is 4.31 Å². The Bertz CT molecular complexity index is 558. The Hall–Kier alpha value is -0.430. The predicted octanol–water partition coefficient (Wildman–Crippen LogP) is 2.44. The number of sulfonamides is 1. The van der Waals surface area contributed by atoms with Gasteiger partial charge in [0.1, 0.15) is 0 Å².